The van der Waals surface area contributed by atoms with Gasteiger partial charge in [-0.05, 0) is 61.6 Å². The molecule has 2 amide bonds. The maximum Gasteiger partial charge on any atom is 0.265 e. The van der Waals surface area contributed by atoms with Crippen LogP contribution in [0.25, 0.3) is 0 Å². The summed E-state index contributed by atoms with van der Waals surface area (Å²) in [5.74, 6) is 0.610. The van der Waals surface area contributed by atoms with Crippen LogP contribution in [-0.2, 0) is 9.59 Å². The SMILES string of the molecule is CC(=O)c1ccc2c(c1)N(CCCC(=O)N1C[C@]3(C)C[C@H]1CC(C)(C)C3)C(=O)CO2. The number of fused-ring (bicyclic) bond motifs is 3. The van der Waals surface area contributed by atoms with Gasteiger partial charge in [0.15, 0.2) is 12.4 Å². The molecular weight excluding hydrogens is 380 g/mol. The highest BCUT2D eigenvalue weighted by Gasteiger charge is 2.50. The zero-order valence-electron chi connectivity index (χ0n) is 18.5. The number of ether oxygens (including phenoxy) is 1. The van der Waals surface area contributed by atoms with Crippen molar-refractivity contribution in [1.82, 2.24) is 4.90 Å². The van der Waals surface area contributed by atoms with Crippen molar-refractivity contribution in [1.29, 1.82) is 0 Å². The van der Waals surface area contributed by atoms with Crippen molar-refractivity contribution in [3.8, 4) is 5.75 Å². The minimum absolute atomic E-state index is 0.0119. The Labute approximate surface area is 178 Å². The molecule has 0 spiro atoms. The molecular formula is C24H32N2O4. The molecule has 3 aliphatic rings. The van der Waals surface area contributed by atoms with Crippen molar-refractivity contribution in [2.45, 2.75) is 65.8 Å². The lowest BCUT2D eigenvalue weighted by Crippen LogP contribution is -2.40. The van der Waals surface area contributed by atoms with E-state index >= 15 is 0 Å². The maximum absolute atomic E-state index is 13.0. The number of amides is 2. The molecule has 0 unspecified atom stereocenters. The molecule has 0 N–H and O–H groups in total. The van der Waals surface area contributed by atoms with Gasteiger partial charge in [0.2, 0.25) is 5.91 Å². The molecule has 2 heterocycles. The first-order valence-electron chi connectivity index (χ1n) is 10.9. The van der Waals surface area contributed by atoms with Crippen LogP contribution in [-0.4, -0.2) is 48.2 Å². The fraction of sp³-hybridized carbons (Fsp3) is 0.625. The highest BCUT2D eigenvalue weighted by atomic mass is 16.5. The molecule has 2 atom stereocenters. The molecule has 1 aromatic rings. The molecule has 6 nitrogen and oxygen atoms in total. The minimum atomic E-state index is -0.137. The summed E-state index contributed by atoms with van der Waals surface area (Å²) in [4.78, 5) is 41.0. The first-order chi connectivity index (χ1) is 14.1. The molecule has 2 fully saturated rings. The van der Waals surface area contributed by atoms with Crippen LogP contribution in [0.2, 0.25) is 0 Å². The Kier molecular flexibility index (Phi) is 5.15. The Bertz CT molecular complexity index is 893. The zero-order valence-corrected chi connectivity index (χ0v) is 18.5. The van der Waals surface area contributed by atoms with E-state index in [1.54, 1.807) is 23.1 Å². The summed E-state index contributed by atoms with van der Waals surface area (Å²) < 4.78 is 5.51. The van der Waals surface area contributed by atoms with Crippen molar-refractivity contribution in [3.63, 3.8) is 0 Å². The first-order valence-corrected chi connectivity index (χ1v) is 10.9. The summed E-state index contributed by atoms with van der Waals surface area (Å²) in [6.07, 6.45) is 4.36. The van der Waals surface area contributed by atoms with Crippen LogP contribution in [0.3, 0.4) is 0 Å². The van der Waals surface area contributed by atoms with Crippen molar-refractivity contribution < 1.29 is 19.1 Å². The molecule has 0 aromatic heterocycles. The Morgan fingerprint density at radius 2 is 1.97 bits per heavy atom. The molecule has 1 saturated heterocycles. The van der Waals surface area contributed by atoms with Crippen LogP contribution in [0.5, 0.6) is 5.75 Å². The van der Waals surface area contributed by atoms with Crippen LogP contribution in [0.1, 0.15) is 70.2 Å². The number of likely N-dealkylation sites (tertiary alicyclic amines) is 1. The van der Waals surface area contributed by atoms with Crippen LogP contribution in [0.4, 0.5) is 5.69 Å². The van der Waals surface area contributed by atoms with Gasteiger partial charge in [-0.25, -0.2) is 0 Å². The second kappa shape index (κ2) is 7.40. The summed E-state index contributed by atoms with van der Waals surface area (Å²) >= 11 is 0. The lowest BCUT2D eigenvalue weighted by atomic mass is 9.65. The van der Waals surface area contributed by atoms with Gasteiger partial charge in [-0.1, -0.05) is 20.8 Å². The zero-order chi connectivity index (χ0) is 21.7. The summed E-state index contributed by atoms with van der Waals surface area (Å²) in [6.45, 7) is 9.71. The maximum atomic E-state index is 13.0. The molecule has 30 heavy (non-hydrogen) atoms. The Morgan fingerprint density at radius 1 is 1.20 bits per heavy atom. The molecule has 6 heteroatoms. The number of benzene rings is 1. The van der Waals surface area contributed by atoms with E-state index in [4.69, 9.17) is 4.74 Å². The van der Waals surface area contributed by atoms with Crippen molar-refractivity contribution in [2.75, 3.05) is 24.6 Å². The van der Waals surface area contributed by atoms with E-state index in [-0.39, 0.29) is 35.0 Å². The summed E-state index contributed by atoms with van der Waals surface area (Å²) in [6, 6.07) is 5.51. The summed E-state index contributed by atoms with van der Waals surface area (Å²) in [5, 5.41) is 0. The first kappa shape index (κ1) is 20.9. The lowest BCUT2D eigenvalue weighted by molar-refractivity contribution is -0.132. The van der Waals surface area contributed by atoms with Gasteiger partial charge in [-0.15, -0.1) is 0 Å². The molecule has 0 radical (unpaired) electrons. The van der Waals surface area contributed by atoms with Crippen LogP contribution >= 0.6 is 0 Å². The van der Waals surface area contributed by atoms with Crippen LogP contribution < -0.4 is 9.64 Å². The van der Waals surface area contributed by atoms with Crippen LogP contribution in [0.15, 0.2) is 18.2 Å². The van der Waals surface area contributed by atoms with Crippen molar-refractivity contribution in [2.24, 2.45) is 10.8 Å². The van der Waals surface area contributed by atoms with Gasteiger partial charge >= 0.3 is 0 Å². The standard InChI is InChI=1S/C24H32N2O4/c1-16(27)17-7-8-20-19(10-17)25(22(29)13-30-20)9-5-6-21(28)26-15-24(4)12-18(26)11-23(2,3)14-24/h7-8,10,18H,5-6,9,11-15H2,1-4H3/t18-,24-/m1/s1. The van der Waals surface area contributed by atoms with Crippen molar-refractivity contribution >= 4 is 23.3 Å². The smallest absolute Gasteiger partial charge is 0.265 e. The van der Waals surface area contributed by atoms with Gasteiger partial charge in [0.05, 0.1) is 5.69 Å². The van der Waals surface area contributed by atoms with Gasteiger partial charge in [0, 0.05) is 31.1 Å². The highest BCUT2D eigenvalue weighted by molar-refractivity contribution is 6.01. The highest BCUT2D eigenvalue weighted by Crippen LogP contribution is 2.52. The molecule has 1 saturated carbocycles. The average Bonchev–Trinajstić information content (AvgIpc) is 2.91. The Hall–Kier alpha value is -2.37. The van der Waals surface area contributed by atoms with E-state index in [9.17, 15) is 14.4 Å². The van der Waals surface area contributed by atoms with E-state index in [2.05, 4.69) is 25.7 Å². The predicted octanol–water partition coefficient (Wildman–Crippen LogP) is 3.82. The second-order valence-electron chi connectivity index (χ2n) is 10.4. The number of hydrogen-bond donors (Lipinski definition) is 0. The van der Waals surface area contributed by atoms with Gasteiger partial charge in [-0.2, -0.15) is 0 Å². The fourth-order valence-corrected chi connectivity index (χ4v) is 5.95. The quantitative estimate of drug-likeness (QED) is 0.690. The number of carbonyl (C=O) groups excluding carboxylic acids is 3. The lowest BCUT2D eigenvalue weighted by Gasteiger charge is -2.39. The van der Waals surface area contributed by atoms with E-state index in [0.29, 0.717) is 42.4 Å². The van der Waals surface area contributed by atoms with E-state index in [1.165, 1.54) is 6.92 Å². The van der Waals surface area contributed by atoms with Gasteiger partial charge in [-0.3, -0.25) is 14.4 Å². The van der Waals surface area contributed by atoms with Gasteiger partial charge in [0.25, 0.3) is 5.91 Å². The molecule has 2 aliphatic heterocycles. The molecule has 162 valence electrons. The number of rotatable bonds is 5. The van der Waals surface area contributed by atoms with E-state index < -0.39 is 0 Å². The van der Waals surface area contributed by atoms with Crippen LogP contribution in [0, 0.1) is 10.8 Å². The Balaban J connectivity index is 1.40. The second-order valence-corrected chi connectivity index (χ2v) is 10.4. The largest absolute Gasteiger partial charge is 0.482 e. The normalized spacial score (nSPS) is 26.9. The third kappa shape index (κ3) is 3.96. The number of carbonyl (C=O) groups is 3. The van der Waals surface area contributed by atoms with E-state index in [0.717, 1.165) is 25.8 Å². The van der Waals surface area contributed by atoms with E-state index in [1.807, 2.05) is 0 Å². The molecule has 1 aromatic carbocycles. The third-order valence-corrected chi connectivity index (χ3v) is 6.82. The average molecular weight is 413 g/mol. The number of Topliss-reactive ketones (excluding diaryl/α,β-unsaturated/α-hetero) is 1. The third-order valence-electron chi connectivity index (χ3n) is 6.82. The van der Waals surface area contributed by atoms with Gasteiger partial charge < -0.3 is 14.5 Å². The number of hydrogen-bond acceptors (Lipinski definition) is 4. The molecule has 1 aliphatic carbocycles. The minimum Gasteiger partial charge on any atom is -0.482 e. The molecule has 2 bridgehead atoms. The van der Waals surface area contributed by atoms with Gasteiger partial charge in [0.1, 0.15) is 5.75 Å². The summed E-state index contributed by atoms with van der Waals surface area (Å²) in [5.41, 5.74) is 1.68. The number of nitrogens with zero attached hydrogens (tertiary/aromatic N) is 2. The monoisotopic (exact) mass is 412 g/mol. The number of ketones is 1. The van der Waals surface area contributed by atoms with Crippen molar-refractivity contribution in [3.05, 3.63) is 23.8 Å². The number of anilines is 1. The predicted molar refractivity (Wildman–Crippen MR) is 115 cm³/mol. The fourth-order valence-electron chi connectivity index (χ4n) is 5.95. The summed E-state index contributed by atoms with van der Waals surface area (Å²) in [7, 11) is 0. The Morgan fingerprint density at radius 3 is 2.70 bits per heavy atom. The topological polar surface area (TPSA) is 66.9 Å². The molecule has 4 rings (SSSR count).